The van der Waals surface area contributed by atoms with Crippen molar-refractivity contribution in [2.75, 3.05) is 5.32 Å². The van der Waals surface area contributed by atoms with Crippen LogP contribution in [0.4, 0.5) is 10.1 Å². The fourth-order valence-corrected chi connectivity index (χ4v) is 2.97. The van der Waals surface area contributed by atoms with Crippen LogP contribution >= 0.6 is 0 Å². The van der Waals surface area contributed by atoms with Gasteiger partial charge in [-0.1, -0.05) is 25.6 Å². The van der Waals surface area contributed by atoms with E-state index in [2.05, 4.69) is 23.8 Å². The van der Waals surface area contributed by atoms with Gasteiger partial charge < -0.3 is 9.88 Å². The number of pyridine rings is 1. The van der Waals surface area contributed by atoms with E-state index in [-0.39, 0.29) is 11.9 Å². The maximum Gasteiger partial charge on any atom is 0.146 e. The predicted octanol–water partition coefficient (Wildman–Crippen LogP) is 4.14. The van der Waals surface area contributed by atoms with Crippen molar-refractivity contribution in [1.82, 2.24) is 9.55 Å². The Morgan fingerprint density at radius 2 is 2.15 bits per heavy atom. The monoisotopic (exact) mass is 349 g/mol. The van der Waals surface area contributed by atoms with E-state index in [0.29, 0.717) is 5.69 Å². The van der Waals surface area contributed by atoms with E-state index in [1.165, 1.54) is 6.07 Å². The predicted molar refractivity (Wildman–Crippen MR) is 109 cm³/mol. The van der Waals surface area contributed by atoms with Gasteiger partial charge in [-0.3, -0.25) is 4.98 Å². The quantitative estimate of drug-likeness (QED) is 0.750. The van der Waals surface area contributed by atoms with Gasteiger partial charge in [-0.05, 0) is 49.8 Å². The normalized spacial score (nSPS) is 14.0. The van der Waals surface area contributed by atoms with E-state index in [9.17, 15) is 4.39 Å². The minimum Gasteiger partial charge on any atom is -0.380 e. The van der Waals surface area contributed by atoms with Gasteiger partial charge in [0.1, 0.15) is 5.82 Å². The molecule has 2 heterocycles. The molecule has 0 aliphatic rings. The fraction of sp³-hybridized carbons (Fsp3) is 0.227. The number of fused-ring (bicyclic) bond motifs is 1. The molecular formula is C22H24FN3. The SMILES string of the molecule is C=C(/C=c1/c(NC(C)CC)c(F)cc/c1=C/C)n1ccc2ccncc21. The second-order valence-corrected chi connectivity index (χ2v) is 6.42. The molecule has 0 amide bonds. The smallest absolute Gasteiger partial charge is 0.146 e. The number of nitrogens with zero attached hydrogens (tertiary/aromatic N) is 2. The standard InChI is InChI=1S/C22H24FN3/c1-5-15(3)25-22-19(17(6-2)7-8-20(22)23)13-16(4)26-12-10-18-9-11-24-14-21(18)26/h6-15,25H,4-5H2,1-3H3/b17-6-,19-13+. The van der Waals surface area contributed by atoms with Gasteiger partial charge in [0.05, 0.1) is 17.4 Å². The van der Waals surface area contributed by atoms with E-state index in [4.69, 9.17) is 0 Å². The molecule has 1 N–H and O–H groups in total. The molecule has 0 saturated carbocycles. The van der Waals surface area contributed by atoms with Crippen molar-refractivity contribution < 1.29 is 4.39 Å². The van der Waals surface area contributed by atoms with Gasteiger partial charge in [-0.25, -0.2) is 4.39 Å². The van der Waals surface area contributed by atoms with E-state index in [1.807, 2.05) is 55.1 Å². The van der Waals surface area contributed by atoms with Gasteiger partial charge in [0.2, 0.25) is 0 Å². The first-order valence-electron chi connectivity index (χ1n) is 8.88. The summed E-state index contributed by atoms with van der Waals surface area (Å²) in [7, 11) is 0. The van der Waals surface area contributed by atoms with Crippen molar-refractivity contribution in [3.05, 3.63) is 65.7 Å². The first-order chi connectivity index (χ1) is 12.5. The van der Waals surface area contributed by atoms with Crippen LogP contribution in [0, 0.1) is 5.82 Å². The highest BCUT2D eigenvalue weighted by molar-refractivity contribution is 5.88. The van der Waals surface area contributed by atoms with E-state index < -0.39 is 0 Å². The molecule has 0 spiro atoms. The first kappa shape index (κ1) is 17.9. The number of hydrogen-bond donors (Lipinski definition) is 1. The lowest BCUT2D eigenvalue weighted by Crippen LogP contribution is -2.31. The topological polar surface area (TPSA) is 29.9 Å². The molecule has 0 aliphatic heterocycles. The van der Waals surface area contributed by atoms with Crippen LogP contribution < -0.4 is 15.8 Å². The maximum atomic E-state index is 14.6. The lowest BCUT2D eigenvalue weighted by Gasteiger charge is -2.15. The highest BCUT2D eigenvalue weighted by Gasteiger charge is 2.09. The molecule has 1 unspecified atom stereocenters. The van der Waals surface area contributed by atoms with Gasteiger partial charge in [0.25, 0.3) is 0 Å². The molecule has 3 nitrogen and oxygen atoms in total. The summed E-state index contributed by atoms with van der Waals surface area (Å²) < 4.78 is 16.5. The zero-order valence-electron chi connectivity index (χ0n) is 15.5. The van der Waals surface area contributed by atoms with Gasteiger partial charge in [-0.15, -0.1) is 0 Å². The Kier molecular flexibility index (Phi) is 5.21. The molecule has 2 aromatic heterocycles. The average molecular weight is 349 g/mol. The van der Waals surface area contributed by atoms with Gasteiger partial charge >= 0.3 is 0 Å². The maximum absolute atomic E-state index is 14.6. The summed E-state index contributed by atoms with van der Waals surface area (Å²) in [6.07, 6.45) is 10.4. The Hall–Kier alpha value is -2.88. The number of allylic oxidation sites excluding steroid dienone is 1. The summed E-state index contributed by atoms with van der Waals surface area (Å²) in [5.74, 6) is -0.256. The fourth-order valence-electron chi connectivity index (χ4n) is 2.97. The highest BCUT2D eigenvalue weighted by atomic mass is 19.1. The highest BCUT2D eigenvalue weighted by Crippen LogP contribution is 2.18. The number of aromatic nitrogens is 2. The van der Waals surface area contributed by atoms with Crippen LogP contribution in [0.3, 0.4) is 0 Å². The second-order valence-electron chi connectivity index (χ2n) is 6.42. The lowest BCUT2D eigenvalue weighted by atomic mass is 10.1. The zero-order chi connectivity index (χ0) is 18.7. The Morgan fingerprint density at radius 1 is 1.35 bits per heavy atom. The molecule has 0 radical (unpaired) electrons. The number of benzene rings is 1. The van der Waals surface area contributed by atoms with Crippen molar-refractivity contribution in [1.29, 1.82) is 0 Å². The molecule has 26 heavy (non-hydrogen) atoms. The molecule has 0 saturated heterocycles. The Labute approximate surface area is 153 Å². The summed E-state index contributed by atoms with van der Waals surface area (Å²) >= 11 is 0. The van der Waals surface area contributed by atoms with Gasteiger partial charge in [-0.2, -0.15) is 0 Å². The molecule has 0 fully saturated rings. The largest absolute Gasteiger partial charge is 0.380 e. The molecule has 3 rings (SSSR count). The molecular weight excluding hydrogens is 325 g/mol. The molecule has 0 aliphatic carbocycles. The van der Waals surface area contributed by atoms with Crippen molar-refractivity contribution in [3.63, 3.8) is 0 Å². The molecule has 1 aromatic carbocycles. The zero-order valence-corrected chi connectivity index (χ0v) is 15.5. The van der Waals surface area contributed by atoms with Crippen molar-refractivity contribution >= 4 is 34.4 Å². The first-order valence-corrected chi connectivity index (χ1v) is 8.88. The molecule has 3 aromatic rings. The molecule has 134 valence electrons. The van der Waals surface area contributed by atoms with Crippen LogP contribution in [0.15, 0.2) is 49.4 Å². The third-order valence-electron chi connectivity index (χ3n) is 4.66. The van der Waals surface area contributed by atoms with Crippen LogP contribution in [0.5, 0.6) is 0 Å². The average Bonchev–Trinajstić information content (AvgIpc) is 3.08. The van der Waals surface area contributed by atoms with E-state index in [1.54, 1.807) is 12.3 Å². The number of hydrogen-bond acceptors (Lipinski definition) is 2. The van der Waals surface area contributed by atoms with Crippen molar-refractivity contribution in [2.24, 2.45) is 0 Å². The van der Waals surface area contributed by atoms with Crippen LogP contribution in [0.1, 0.15) is 27.2 Å². The van der Waals surface area contributed by atoms with Crippen molar-refractivity contribution in [2.45, 2.75) is 33.2 Å². The number of halogens is 1. The lowest BCUT2D eigenvalue weighted by molar-refractivity contribution is 0.623. The Bertz CT molecular complexity index is 1060. The van der Waals surface area contributed by atoms with Gasteiger partial charge in [0, 0.05) is 34.7 Å². The van der Waals surface area contributed by atoms with Crippen LogP contribution in [-0.4, -0.2) is 15.6 Å². The third-order valence-corrected chi connectivity index (χ3v) is 4.66. The van der Waals surface area contributed by atoms with Crippen LogP contribution in [-0.2, 0) is 0 Å². The molecule has 1 atom stereocenters. The minimum absolute atomic E-state index is 0.175. The summed E-state index contributed by atoms with van der Waals surface area (Å²) in [5.41, 5.74) is 2.25. The van der Waals surface area contributed by atoms with Gasteiger partial charge in [0.15, 0.2) is 0 Å². The summed E-state index contributed by atoms with van der Waals surface area (Å²) in [6.45, 7) is 10.3. The minimum atomic E-state index is -0.256. The summed E-state index contributed by atoms with van der Waals surface area (Å²) in [4.78, 5) is 4.20. The van der Waals surface area contributed by atoms with E-state index in [0.717, 1.165) is 33.5 Å². The molecule has 4 heteroatoms. The third kappa shape index (κ3) is 3.40. The van der Waals surface area contributed by atoms with E-state index >= 15 is 0 Å². The molecule has 0 bridgehead atoms. The number of nitrogens with one attached hydrogen (secondary N) is 1. The van der Waals surface area contributed by atoms with Crippen LogP contribution in [0.2, 0.25) is 0 Å². The Morgan fingerprint density at radius 3 is 2.88 bits per heavy atom. The van der Waals surface area contributed by atoms with Crippen molar-refractivity contribution in [3.8, 4) is 0 Å². The number of anilines is 1. The Balaban J connectivity index is 2.18. The summed E-state index contributed by atoms with van der Waals surface area (Å²) in [6, 6.07) is 7.46. The van der Waals surface area contributed by atoms with Crippen LogP contribution in [0.25, 0.3) is 28.8 Å². The second kappa shape index (κ2) is 7.56. The summed E-state index contributed by atoms with van der Waals surface area (Å²) in [5, 5.41) is 6.17. The number of rotatable bonds is 5.